The Morgan fingerprint density at radius 1 is 0.283 bits per heavy atom. The third-order valence-corrected chi connectivity index (χ3v) is 46.2. The lowest BCUT2D eigenvalue weighted by molar-refractivity contribution is 0.150. The molecule has 0 N–H and O–H groups in total. The maximum atomic E-state index is 6.75. The average Bonchev–Trinajstić information content (AvgIpc) is 2.63. The second-order valence-electron chi connectivity index (χ2n) is 16.0. The molecule has 0 saturated carbocycles. The molecule has 0 bridgehead atoms. The van der Waals surface area contributed by atoms with Crippen molar-refractivity contribution in [3.05, 3.63) is 0 Å². The quantitative estimate of drug-likeness (QED) is 0.102. The molecule has 0 amide bonds. The Morgan fingerprint density at radius 2 is 0.457 bits per heavy atom. The zero-order valence-corrected chi connectivity index (χ0v) is 44.6. The molecular formula is C23H70O12Si11. The van der Waals surface area contributed by atoms with Crippen molar-refractivity contribution in [3.63, 3.8) is 0 Å². The first-order valence-electron chi connectivity index (χ1n) is 16.0. The SMILES string of the molecule is CO[Si](C)(OC)O[Si](C)(C)O[Si](C)(C)O[Si](C)(C)O[Si](C)(C)O[Si](C)(C)O[Si](C)(C)O[Si](C)(C)O[Si](C)(C)O[Si](C)(C)O[SiH](C)C. The van der Waals surface area contributed by atoms with E-state index in [0.29, 0.717) is 0 Å². The Labute approximate surface area is 295 Å². The Kier molecular flexibility index (Phi) is 17.4. The maximum absolute atomic E-state index is 6.75. The lowest BCUT2D eigenvalue weighted by Crippen LogP contribution is -2.62. The van der Waals surface area contributed by atoms with Crippen molar-refractivity contribution in [2.24, 2.45) is 0 Å². The zero-order valence-electron chi connectivity index (χ0n) is 33.5. The largest absolute Gasteiger partial charge is 0.488 e. The Balaban J connectivity index is 5.51. The first-order chi connectivity index (χ1) is 19.9. The van der Waals surface area contributed by atoms with Gasteiger partial charge in [-0.3, -0.25) is 0 Å². The fourth-order valence-electron chi connectivity index (χ4n) is 6.11. The summed E-state index contributed by atoms with van der Waals surface area (Å²) in [6.07, 6.45) is 0. The summed E-state index contributed by atoms with van der Waals surface area (Å²) in [5, 5.41) is 0. The van der Waals surface area contributed by atoms with Crippen molar-refractivity contribution >= 4 is 94.9 Å². The van der Waals surface area contributed by atoms with Crippen LogP contribution in [0.25, 0.3) is 0 Å². The minimum atomic E-state index is -2.78. The molecule has 0 unspecified atom stereocenters. The van der Waals surface area contributed by atoms with Crippen LogP contribution in [0.15, 0.2) is 0 Å². The number of hydrogen-bond donors (Lipinski definition) is 0. The van der Waals surface area contributed by atoms with Crippen molar-refractivity contribution in [3.8, 4) is 0 Å². The molecule has 278 valence electrons. The summed E-state index contributed by atoms with van der Waals surface area (Å²) in [6.45, 7) is 43.1. The highest BCUT2D eigenvalue weighted by Gasteiger charge is 2.51. The van der Waals surface area contributed by atoms with Crippen LogP contribution in [0.4, 0.5) is 0 Å². The highest BCUT2D eigenvalue weighted by Crippen LogP contribution is 2.30. The molecule has 0 aromatic rings. The van der Waals surface area contributed by atoms with E-state index in [4.69, 9.17) is 50.0 Å². The van der Waals surface area contributed by atoms with Crippen LogP contribution in [0.5, 0.6) is 0 Å². The van der Waals surface area contributed by atoms with Gasteiger partial charge in [-0.25, -0.2) is 0 Å². The highest BCUT2D eigenvalue weighted by molar-refractivity contribution is 6.93. The summed E-state index contributed by atoms with van der Waals surface area (Å²) < 4.78 is 77.0. The normalized spacial score (nSPS) is 15.7. The third kappa shape index (κ3) is 20.7. The van der Waals surface area contributed by atoms with E-state index in [1.807, 2.05) is 58.9 Å². The van der Waals surface area contributed by atoms with E-state index in [1.54, 1.807) is 14.2 Å². The predicted octanol–water partition coefficient (Wildman–Crippen LogP) is 7.31. The first kappa shape index (κ1) is 47.9. The molecule has 0 radical (unpaired) electrons. The van der Waals surface area contributed by atoms with Gasteiger partial charge in [0.15, 0.2) is 9.04 Å². The van der Waals surface area contributed by atoms with Gasteiger partial charge in [-0.2, -0.15) is 0 Å². The molecule has 0 aromatic heterocycles. The van der Waals surface area contributed by atoms with E-state index in [-0.39, 0.29) is 0 Å². The van der Waals surface area contributed by atoms with Gasteiger partial charge in [0.2, 0.25) is 0 Å². The van der Waals surface area contributed by atoms with Crippen LogP contribution in [0.3, 0.4) is 0 Å². The van der Waals surface area contributed by atoms with Crippen molar-refractivity contribution in [2.45, 2.75) is 137 Å². The van der Waals surface area contributed by atoms with Gasteiger partial charge >= 0.3 is 85.9 Å². The molecule has 12 nitrogen and oxygen atoms in total. The van der Waals surface area contributed by atoms with Crippen molar-refractivity contribution in [1.82, 2.24) is 0 Å². The summed E-state index contributed by atoms with van der Waals surface area (Å²) in [7, 11) is -24.3. The van der Waals surface area contributed by atoms with E-state index >= 15 is 0 Å². The summed E-state index contributed by atoms with van der Waals surface area (Å²) in [4.78, 5) is 0. The van der Waals surface area contributed by atoms with Crippen LogP contribution in [0, 0.1) is 0 Å². The van der Waals surface area contributed by atoms with Crippen molar-refractivity contribution in [2.75, 3.05) is 14.2 Å². The topological polar surface area (TPSA) is 111 Å². The number of hydrogen-bond acceptors (Lipinski definition) is 12. The second kappa shape index (κ2) is 16.7. The van der Waals surface area contributed by atoms with E-state index in [2.05, 4.69) is 78.6 Å². The predicted molar refractivity (Wildman–Crippen MR) is 213 cm³/mol. The monoisotopic (exact) mass is 846 g/mol. The van der Waals surface area contributed by atoms with Gasteiger partial charge in [0.25, 0.3) is 0 Å². The summed E-state index contributed by atoms with van der Waals surface area (Å²) in [6, 6.07) is 0. The fourth-order valence-corrected chi connectivity index (χ4v) is 57.9. The van der Waals surface area contributed by atoms with Crippen LogP contribution < -0.4 is 0 Å². The molecule has 23 heteroatoms. The van der Waals surface area contributed by atoms with Crippen LogP contribution in [0.2, 0.25) is 137 Å². The molecule has 0 saturated heterocycles. The van der Waals surface area contributed by atoms with Gasteiger partial charge in [-0.15, -0.1) is 0 Å². The van der Waals surface area contributed by atoms with Gasteiger partial charge in [0, 0.05) is 20.8 Å². The van der Waals surface area contributed by atoms with E-state index in [0.717, 1.165) is 0 Å². The second-order valence-corrected chi connectivity index (χ2v) is 54.1. The minimum absolute atomic E-state index is 1.22. The van der Waals surface area contributed by atoms with Crippen LogP contribution in [-0.4, -0.2) is 109 Å². The molecule has 0 aliphatic rings. The van der Waals surface area contributed by atoms with Crippen LogP contribution >= 0.6 is 0 Å². The van der Waals surface area contributed by atoms with Gasteiger partial charge < -0.3 is 50.0 Å². The molecular weight excluding hydrogens is 777 g/mol. The van der Waals surface area contributed by atoms with E-state index in [9.17, 15) is 0 Å². The Bertz CT molecular complexity index is 959. The Hall–Kier alpha value is 1.91. The smallest absolute Gasteiger partial charge is 0.440 e. The van der Waals surface area contributed by atoms with Gasteiger partial charge in [0.1, 0.15) is 0 Å². The average molecular weight is 848 g/mol. The molecule has 0 aliphatic carbocycles. The molecule has 0 heterocycles. The fraction of sp³-hybridized carbons (Fsp3) is 1.00. The lowest BCUT2D eigenvalue weighted by atomic mass is 11.8. The van der Waals surface area contributed by atoms with Crippen molar-refractivity contribution in [1.29, 1.82) is 0 Å². The zero-order chi connectivity index (χ0) is 37.1. The van der Waals surface area contributed by atoms with Gasteiger partial charge in [-0.1, -0.05) is 0 Å². The summed E-state index contributed by atoms with van der Waals surface area (Å²) in [5.41, 5.74) is 0. The maximum Gasteiger partial charge on any atom is 0.488 e. The van der Waals surface area contributed by atoms with E-state index in [1.165, 1.54) is 0 Å². The molecule has 46 heavy (non-hydrogen) atoms. The standard InChI is InChI=1S/C23H70O12Si11/c1-24-46(23,25-2)35-45(21,22)34-44(19,20)33-43(17,18)32-42(15,16)31-41(13,14)30-40(11,12)29-39(9,10)28-38(7,8)27-37(5,6)26-36(3)4/h36H,1-23H3. The van der Waals surface area contributed by atoms with Gasteiger partial charge in [-0.05, 0) is 131 Å². The molecule has 0 rings (SSSR count). The van der Waals surface area contributed by atoms with E-state index < -0.39 is 94.9 Å². The molecule has 0 fully saturated rings. The van der Waals surface area contributed by atoms with Crippen LogP contribution in [0.1, 0.15) is 0 Å². The lowest BCUT2D eigenvalue weighted by Gasteiger charge is -2.44. The highest BCUT2D eigenvalue weighted by atomic mass is 28.5. The minimum Gasteiger partial charge on any atom is -0.440 e. The Morgan fingerprint density at radius 3 is 0.630 bits per heavy atom. The first-order valence-corrected chi connectivity index (χ1v) is 46.3. The van der Waals surface area contributed by atoms with Crippen LogP contribution in [-0.2, 0) is 50.0 Å². The third-order valence-electron chi connectivity index (χ3n) is 5.62. The summed E-state index contributed by atoms with van der Waals surface area (Å²) >= 11 is 0. The molecule has 0 atom stereocenters. The summed E-state index contributed by atoms with van der Waals surface area (Å²) in [5.74, 6) is 0. The molecule has 0 aliphatic heterocycles. The van der Waals surface area contributed by atoms with Gasteiger partial charge in [0.05, 0.1) is 0 Å². The van der Waals surface area contributed by atoms with Crippen molar-refractivity contribution < 1.29 is 50.0 Å². The number of rotatable bonds is 22. The molecule has 0 spiro atoms. The molecule has 0 aromatic carbocycles.